The monoisotopic (exact) mass is 307 g/mol. The summed E-state index contributed by atoms with van der Waals surface area (Å²) < 4.78 is 0. The number of nitrogens with zero attached hydrogens (tertiary/aromatic N) is 2. The molecular weight excluding hydrogens is 290 g/mol. The van der Waals surface area contributed by atoms with E-state index in [0.29, 0.717) is 6.54 Å². The van der Waals surface area contributed by atoms with E-state index in [1.165, 1.54) is 0 Å². The predicted octanol–water partition coefficient (Wildman–Crippen LogP) is 2.09. The number of benzene rings is 1. The minimum atomic E-state index is -0.424. The van der Waals surface area contributed by atoms with Crippen molar-refractivity contribution < 1.29 is 9.59 Å². The highest BCUT2D eigenvalue weighted by atomic mass is 16.2. The van der Waals surface area contributed by atoms with Crippen molar-refractivity contribution in [1.29, 1.82) is 0 Å². The molecule has 5 nitrogen and oxygen atoms in total. The van der Waals surface area contributed by atoms with E-state index in [1.807, 2.05) is 54.6 Å². The fourth-order valence-electron chi connectivity index (χ4n) is 2.60. The van der Waals surface area contributed by atoms with Gasteiger partial charge in [-0.25, -0.2) is 0 Å². The number of nitrogens with two attached hydrogens (primary N) is 1. The molecule has 116 valence electrons. The van der Waals surface area contributed by atoms with Crippen LogP contribution in [0.5, 0.6) is 0 Å². The second-order valence-electron chi connectivity index (χ2n) is 5.49. The number of hydrogen-bond donors (Lipinski definition) is 1. The van der Waals surface area contributed by atoms with Crippen molar-refractivity contribution in [2.75, 3.05) is 11.4 Å². The van der Waals surface area contributed by atoms with Gasteiger partial charge in [-0.3, -0.25) is 14.6 Å². The molecule has 1 saturated heterocycles. The standard InChI is InChI=1S/C18H17N3O2/c19-18(23)14-11-17(22)21(12-14)16-6-3-4-13(10-16)7-8-15-5-1-2-9-20-15/h1-10,14H,11-12H2,(H2,19,23). The Morgan fingerprint density at radius 2 is 2.09 bits per heavy atom. The summed E-state index contributed by atoms with van der Waals surface area (Å²) in [7, 11) is 0. The molecule has 0 spiro atoms. The molecule has 1 aromatic heterocycles. The Morgan fingerprint density at radius 1 is 1.22 bits per heavy atom. The van der Waals surface area contributed by atoms with E-state index in [-0.39, 0.29) is 12.3 Å². The maximum atomic E-state index is 12.1. The quantitative estimate of drug-likeness (QED) is 0.939. The van der Waals surface area contributed by atoms with Crippen LogP contribution < -0.4 is 10.6 Å². The van der Waals surface area contributed by atoms with Crippen molar-refractivity contribution in [3.63, 3.8) is 0 Å². The van der Waals surface area contributed by atoms with Gasteiger partial charge in [-0.05, 0) is 35.9 Å². The molecule has 2 aromatic rings. The average molecular weight is 307 g/mol. The van der Waals surface area contributed by atoms with Crippen LogP contribution in [0.25, 0.3) is 12.2 Å². The molecule has 1 aliphatic rings. The fraction of sp³-hybridized carbons (Fsp3) is 0.167. The van der Waals surface area contributed by atoms with E-state index in [2.05, 4.69) is 4.98 Å². The Morgan fingerprint density at radius 3 is 2.78 bits per heavy atom. The number of carbonyl (C=O) groups excluding carboxylic acids is 2. The molecule has 0 aliphatic carbocycles. The molecule has 1 unspecified atom stereocenters. The lowest BCUT2D eigenvalue weighted by atomic mass is 10.1. The van der Waals surface area contributed by atoms with Gasteiger partial charge in [0.15, 0.2) is 0 Å². The number of anilines is 1. The van der Waals surface area contributed by atoms with Crippen LogP contribution in [0.1, 0.15) is 17.7 Å². The third kappa shape index (κ3) is 3.45. The van der Waals surface area contributed by atoms with E-state index >= 15 is 0 Å². The highest BCUT2D eigenvalue weighted by Crippen LogP contribution is 2.26. The van der Waals surface area contributed by atoms with Gasteiger partial charge in [0.25, 0.3) is 0 Å². The Kier molecular flexibility index (Phi) is 4.19. The number of aromatic nitrogens is 1. The first-order chi connectivity index (χ1) is 11.1. The molecule has 1 atom stereocenters. The van der Waals surface area contributed by atoms with Gasteiger partial charge in [-0.1, -0.05) is 24.3 Å². The third-order valence-electron chi connectivity index (χ3n) is 3.84. The number of pyridine rings is 1. The van der Waals surface area contributed by atoms with Gasteiger partial charge in [0.1, 0.15) is 0 Å². The van der Waals surface area contributed by atoms with Gasteiger partial charge in [0.05, 0.1) is 11.6 Å². The lowest BCUT2D eigenvalue weighted by Crippen LogP contribution is -2.28. The van der Waals surface area contributed by atoms with Gasteiger partial charge < -0.3 is 10.6 Å². The third-order valence-corrected chi connectivity index (χ3v) is 3.84. The van der Waals surface area contributed by atoms with Crippen LogP contribution >= 0.6 is 0 Å². The second kappa shape index (κ2) is 6.44. The van der Waals surface area contributed by atoms with Crippen LogP contribution in [0.15, 0.2) is 48.7 Å². The SMILES string of the molecule is NC(=O)C1CC(=O)N(c2cccc(C=Cc3ccccn3)c2)C1. The van der Waals surface area contributed by atoms with Gasteiger partial charge in [0.2, 0.25) is 11.8 Å². The minimum absolute atomic E-state index is 0.0698. The molecule has 3 rings (SSSR count). The predicted molar refractivity (Wildman–Crippen MR) is 89.3 cm³/mol. The number of carbonyl (C=O) groups is 2. The lowest BCUT2D eigenvalue weighted by molar-refractivity contribution is -0.123. The highest BCUT2D eigenvalue weighted by molar-refractivity contribution is 6.00. The summed E-state index contributed by atoms with van der Waals surface area (Å²) in [5.74, 6) is -0.901. The summed E-state index contributed by atoms with van der Waals surface area (Å²) in [4.78, 5) is 29.2. The first kappa shape index (κ1) is 15.0. The van der Waals surface area contributed by atoms with Gasteiger partial charge >= 0.3 is 0 Å². The normalized spacial score (nSPS) is 17.8. The van der Waals surface area contributed by atoms with Gasteiger partial charge in [-0.2, -0.15) is 0 Å². The fourth-order valence-corrected chi connectivity index (χ4v) is 2.60. The van der Waals surface area contributed by atoms with Crippen LogP contribution in [0.3, 0.4) is 0 Å². The maximum Gasteiger partial charge on any atom is 0.227 e. The van der Waals surface area contributed by atoms with E-state index < -0.39 is 11.8 Å². The number of primary amides is 1. The van der Waals surface area contributed by atoms with Crippen molar-refractivity contribution in [1.82, 2.24) is 4.98 Å². The Bertz CT molecular complexity index is 756. The van der Waals surface area contributed by atoms with Crippen molar-refractivity contribution in [2.24, 2.45) is 11.7 Å². The van der Waals surface area contributed by atoms with E-state index in [9.17, 15) is 9.59 Å². The maximum absolute atomic E-state index is 12.1. The smallest absolute Gasteiger partial charge is 0.227 e. The van der Waals surface area contributed by atoms with Crippen LogP contribution in [0, 0.1) is 5.92 Å². The Balaban J connectivity index is 1.79. The molecular formula is C18H17N3O2. The zero-order chi connectivity index (χ0) is 16.2. The summed E-state index contributed by atoms with van der Waals surface area (Å²) in [6.45, 7) is 0.349. The molecule has 23 heavy (non-hydrogen) atoms. The topological polar surface area (TPSA) is 76.3 Å². The molecule has 0 saturated carbocycles. The van der Waals surface area contributed by atoms with E-state index in [0.717, 1.165) is 16.9 Å². The summed E-state index contributed by atoms with van der Waals surface area (Å²) in [5.41, 5.74) is 7.91. The average Bonchev–Trinajstić information content (AvgIpc) is 2.96. The van der Waals surface area contributed by atoms with E-state index in [1.54, 1.807) is 11.1 Å². The molecule has 1 aliphatic heterocycles. The zero-order valence-electron chi connectivity index (χ0n) is 12.6. The van der Waals surface area contributed by atoms with Crippen LogP contribution in [0.4, 0.5) is 5.69 Å². The van der Waals surface area contributed by atoms with Crippen LogP contribution in [-0.2, 0) is 9.59 Å². The molecule has 2 N–H and O–H groups in total. The summed E-state index contributed by atoms with van der Waals surface area (Å²) in [5, 5.41) is 0. The molecule has 2 heterocycles. The van der Waals surface area contributed by atoms with Crippen molar-refractivity contribution >= 4 is 29.7 Å². The molecule has 1 fully saturated rings. The molecule has 5 heteroatoms. The van der Waals surface area contributed by atoms with Crippen LogP contribution in [0.2, 0.25) is 0 Å². The first-order valence-corrected chi connectivity index (χ1v) is 7.42. The number of amides is 2. The molecule has 1 aromatic carbocycles. The number of rotatable bonds is 4. The first-order valence-electron chi connectivity index (χ1n) is 7.42. The van der Waals surface area contributed by atoms with Crippen molar-refractivity contribution in [2.45, 2.75) is 6.42 Å². The molecule has 0 radical (unpaired) electrons. The Hall–Kier alpha value is -2.95. The lowest BCUT2D eigenvalue weighted by Gasteiger charge is -2.16. The number of hydrogen-bond acceptors (Lipinski definition) is 3. The van der Waals surface area contributed by atoms with Crippen molar-refractivity contribution in [3.8, 4) is 0 Å². The molecule has 2 amide bonds. The largest absolute Gasteiger partial charge is 0.369 e. The van der Waals surface area contributed by atoms with E-state index in [4.69, 9.17) is 5.73 Å². The summed E-state index contributed by atoms with van der Waals surface area (Å²) >= 11 is 0. The van der Waals surface area contributed by atoms with Gasteiger partial charge in [0, 0.05) is 24.8 Å². The summed E-state index contributed by atoms with van der Waals surface area (Å²) in [6.07, 6.45) is 5.78. The summed E-state index contributed by atoms with van der Waals surface area (Å²) in [6, 6.07) is 13.3. The highest BCUT2D eigenvalue weighted by Gasteiger charge is 2.33. The Labute approximate surface area is 134 Å². The van der Waals surface area contributed by atoms with Gasteiger partial charge in [-0.15, -0.1) is 0 Å². The zero-order valence-corrected chi connectivity index (χ0v) is 12.6. The molecule has 0 bridgehead atoms. The van der Waals surface area contributed by atoms with Crippen LogP contribution in [-0.4, -0.2) is 23.3 Å². The van der Waals surface area contributed by atoms with Crippen molar-refractivity contribution in [3.05, 3.63) is 59.9 Å². The second-order valence-corrected chi connectivity index (χ2v) is 5.49. The minimum Gasteiger partial charge on any atom is -0.369 e.